The van der Waals surface area contributed by atoms with Crippen molar-refractivity contribution in [3.63, 3.8) is 0 Å². The zero-order valence-corrected chi connectivity index (χ0v) is 19.1. The van der Waals surface area contributed by atoms with Crippen LogP contribution < -0.4 is 0 Å². The average molecular weight is 461 g/mol. The van der Waals surface area contributed by atoms with Crippen molar-refractivity contribution in [3.8, 4) is 0 Å². The number of hydrogen-bond acceptors (Lipinski definition) is 2. The van der Waals surface area contributed by atoms with E-state index in [9.17, 15) is 4.39 Å². The summed E-state index contributed by atoms with van der Waals surface area (Å²) in [5.74, 6) is -0.205. The molecule has 2 aliphatic heterocycles. The van der Waals surface area contributed by atoms with Gasteiger partial charge in [0.25, 0.3) is 0 Å². The maximum Gasteiger partial charge on any atom is 0.123 e. The molecule has 0 N–H and O–H groups in total. The Labute approximate surface area is 200 Å². The number of benzene rings is 5. The molecule has 5 aromatic carbocycles. The van der Waals surface area contributed by atoms with Gasteiger partial charge >= 0.3 is 0 Å². The summed E-state index contributed by atoms with van der Waals surface area (Å²) < 4.78 is 14.6. The molecular formula is C30H17FS2. The van der Waals surface area contributed by atoms with Crippen molar-refractivity contribution < 1.29 is 4.39 Å². The van der Waals surface area contributed by atoms with Crippen LogP contribution in [0.1, 0.15) is 22.3 Å². The standard InChI is InChI=1S/C30H17FS2/c31-19-14-16-26-23(17-19)28(21-9-3-5-11-24(21)32-26)30-22-10-4-6-12-25(22)33-27-15-13-18-7-1-2-8-20(18)29(27)30/h1-17H/b30-28-. The fourth-order valence-corrected chi connectivity index (χ4v) is 7.14. The van der Waals surface area contributed by atoms with Gasteiger partial charge in [-0.15, -0.1) is 0 Å². The molecule has 0 nitrogen and oxygen atoms in total. The van der Waals surface area contributed by atoms with Gasteiger partial charge in [0, 0.05) is 30.7 Å². The Balaban J connectivity index is 1.71. The van der Waals surface area contributed by atoms with Crippen molar-refractivity contribution in [1.29, 1.82) is 0 Å². The summed E-state index contributed by atoms with van der Waals surface area (Å²) in [5.41, 5.74) is 6.88. The Hall–Kier alpha value is -3.27. The van der Waals surface area contributed by atoms with Gasteiger partial charge in [0.05, 0.1) is 0 Å². The maximum atomic E-state index is 14.6. The van der Waals surface area contributed by atoms with Crippen LogP contribution in [0.5, 0.6) is 0 Å². The van der Waals surface area contributed by atoms with E-state index in [4.69, 9.17) is 0 Å². The fourth-order valence-electron chi connectivity index (χ4n) is 4.95. The molecule has 0 fully saturated rings. The first kappa shape index (κ1) is 19.2. The topological polar surface area (TPSA) is 0 Å². The van der Waals surface area contributed by atoms with E-state index in [-0.39, 0.29) is 5.82 Å². The first-order chi connectivity index (χ1) is 16.3. The largest absolute Gasteiger partial charge is 0.207 e. The molecule has 7 rings (SSSR count). The van der Waals surface area contributed by atoms with E-state index < -0.39 is 0 Å². The number of fused-ring (bicyclic) bond motifs is 6. The third kappa shape index (κ3) is 2.93. The van der Waals surface area contributed by atoms with E-state index in [0.29, 0.717) is 0 Å². The van der Waals surface area contributed by atoms with Crippen molar-refractivity contribution >= 4 is 45.4 Å². The molecule has 0 aromatic heterocycles. The van der Waals surface area contributed by atoms with Crippen molar-refractivity contribution in [2.45, 2.75) is 19.6 Å². The molecule has 0 spiro atoms. The minimum absolute atomic E-state index is 0.205. The van der Waals surface area contributed by atoms with Gasteiger partial charge in [0.15, 0.2) is 0 Å². The first-order valence-corrected chi connectivity index (χ1v) is 12.5. The first-order valence-electron chi connectivity index (χ1n) is 10.9. The Kier molecular flexibility index (Phi) is 4.30. The highest BCUT2D eigenvalue weighted by Gasteiger charge is 2.30. The molecule has 0 unspecified atom stereocenters. The highest BCUT2D eigenvalue weighted by atomic mass is 32.2. The second-order valence-electron chi connectivity index (χ2n) is 8.25. The summed E-state index contributed by atoms with van der Waals surface area (Å²) in [6.07, 6.45) is 0. The van der Waals surface area contributed by atoms with Crippen LogP contribution in [-0.2, 0) is 0 Å². The van der Waals surface area contributed by atoms with E-state index in [1.807, 2.05) is 17.8 Å². The van der Waals surface area contributed by atoms with Crippen molar-refractivity contribution in [1.82, 2.24) is 0 Å². The van der Waals surface area contributed by atoms with Crippen LogP contribution in [-0.4, -0.2) is 0 Å². The van der Waals surface area contributed by atoms with Gasteiger partial charge in [-0.3, -0.25) is 0 Å². The SMILES string of the molecule is Fc1ccc2c(c1)/C(=C1/c3ccccc3Sc3ccc4ccccc4c31)c1ccccc1S2. The molecule has 2 heterocycles. The summed E-state index contributed by atoms with van der Waals surface area (Å²) in [6, 6.07) is 35.3. The maximum absolute atomic E-state index is 14.6. The van der Waals surface area contributed by atoms with Gasteiger partial charge in [-0.1, -0.05) is 90.3 Å². The molecule has 0 aliphatic carbocycles. The summed E-state index contributed by atoms with van der Waals surface area (Å²) in [6.45, 7) is 0. The molecule has 0 amide bonds. The highest BCUT2D eigenvalue weighted by molar-refractivity contribution is 8.00. The lowest BCUT2D eigenvalue weighted by atomic mass is 9.83. The minimum atomic E-state index is -0.205. The third-order valence-corrected chi connectivity index (χ3v) is 8.64. The molecule has 0 bridgehead atoms. The Morgan fingerprint density at radius 1 is 0.485 bits per heavy atom. The molecule has 0 saturated heterocycles. The van der Waals surface area contributed by atoms with Crippen LogP contribution >= 0.6 is 23.5 Å². The van der Waals surface area contributed by atoms with Crippen LogP contribution in [0.15, 0.2) is 123 Å². The second-order valence-corrected chi connectivity index (χ2v) is 10.4. The van der Waals surface area contributed by atoms with Gasteiger partial charge in [0.1, 0.15) is 5.82 Å². The zero-order valence-electron chi connectivity index (χ0n) is 17.5. The van der Waals surface area contributed by atoms with Gasteiger partial charge < -0.3 is 0 Å². The lowest BCUT2D eigenvalue weighted by Crippen LogP contribution is -2.07. The second kappa shape index (κ2) is 7.38. The van der Waals surface area contributed by atoms with E-state index in [2.05, 4.69) is 84.9 Å². The fraction of sp³-hybridized carbons (Fsp3) is 0. The quantitative estimate of drug-likeness (QED) is 0.222. The summed E-state index contributed by atoms with van der Waals surface area (Å²) in [4.78, 5) is 4.77. The van der Waals surface area contributed by atoms with Crippen LogP contribution in [0, 0.1) is 5.82 Å². The Bertz CT molecular complexity index is 1630. The van der Waals surface area contributed by atoms with E-state index in [0.717, 1.165) is 21.6 Å². The molecular weight excluding hydrogens is 443 g/mol. The van der Waals surface area contributed by atoms with Gasteiger partial charge in [-0.2, -0.15) is 0 Å². The van der Waals surface area contributed by atoms with Crippen molar-refractivity contribution in [3.05, 3.63) is 131 Å². The van der Waals surface area contributed by atoms with Gasteiger partial charge in [-0.05, 0) is 69.4 Å². The lowest BCUT2D eigenvalue weighted by molar-refractivity contribution is 0.626. The molecule has 33 heavy (non-hydrogen) atoms. The summed E-state index contributed by atoms with van der Waals surface area (Å²) in [5, 5.41) is 2.44. The monoisotopic (exact) mass is 460 g/mol. The number of hydrogen-bond donors (Lipinski definition) is 0. The van der Waals surface area contributed by atoms with Crippen molar-refractivity contribution in [2.24, 2.45) is 0 Å². The van der Waals surface area contributed by atoms with Crippen LogP contribution in [0.2, 0.25) is 0 Å². The Morgan fingerprint density at radius 3 is 1.91 bits per heavy atom. The number of halogens is 1. The smallest absolute Gasteiger partial charge is 0.123 e. The Morgan fingerprint density at radius 2 is 1.09 bits per heavy atom. The zero-order chi connectivity index (χ0) is 21.9. The predicted octanol–water partition coefficient (Wildman–Crippen LogP) is 8.92. The molecule has 156 valence electrons. The third-order valence-electron chi connectivity index (χ3n) is 6.35. The summed E-state index contributed by atoms with van der Waals surface area (Å²) >= 11 is 3.54. The average Bonchev–Trinajstić information content (AvgIpc) is 2.86. The number of rotatable bonds is 0. The lowest BCUT2D eigenvalue weighted by Gasteiger charge is -2.30. The summed E-state index contributed by atoms with van der Waals surface area (Å²) in [7, 11) is 0. The molecule has 3 heteroatoms. The van der Waals surface area contributed by atoms with Crippen molar-refractivity contribution in [2.75, 3.05) is 0 Å². The van der Waals surface area contributed by atoms with E-state index in [1.165, 1.54) is 42.2 Å². The van der Waals surface area contributed by atoms with Crippen LogP contribution in [0.4, 0.5) is 4.39 Å². The highest BCUT2D eigenvalue weighted by Crippen LogP contribution is 2.55. The molecule has 2 aliphatic rings. The van der Waals surface area contributed by atoms with Gasteiger partial charge in [0.2, 0.25) is 0 Å². The minimum Gasteiger partial charge on any atom is -0.207 e. The molecule has 0 radical (unpaired) electrons. The molecule has 0 saturated carbocycles. The molecule has 5 aromatic rings. The van der Waals surface area contributed by atoms with Gasteiger partial charge in [-0.25, -0.2) is 4.39 Å². The van der Waals surface area contributed by atoms with Crippen LogP contribution in [0.25, 0.3) is 21.9 Å². The molecule has 0 atom stereocenters. The normalized spacial score (nSPS) is 16.0. The van der Waals surface area contributed by atoms with Crippen LogP contribution in [0.3, 0.4) is 0 Å². The van der Waals surface area contributed by atoms with E-state index >= 15 is 0 Å². The van der Waals surface area contributed by atoms with E-state index in [1.54, 1.807) is 23.9 Å². The predicted molar refractivity (Wildman–Crippen MR) is 136 cm³/mol.